The van der Waals surface area contributed by atoms with Gasteiger partial charge < -0.3 is 10.1 Å². The number of amides is 1. The van der Waals surface area contributed by atoms with Gasteiger partial charge in [0.1, 0.15) is 11.6 Å². The summed E-state index contributed by atoms with van der Waals surface area (Å²) in [4.78, 5) is 12.7. The van der Waals surface area contributed by atoms with Crippen molar-refractivity contribution < 1.29 is 13.9 Å². The van der Waals surface area contributed by atoms with Crippen LogP contribution in [0.2, 0.25) is 0 Å². The maximum Gasteiger partial charge on any atom is 0.225 e. The van der Waals surface area contributed by atoms with E-state index in [1.807, 2.05) is 54.6 Å². The third-order valence-electron chi connectivity index (χ3n) is 4.19. The molecule has 1 N–H and O–H groups in total. The minimum absolute atomic E-state index is 0.132. The monoisotopic (exact) mass is 349 g/mol. The SMILES string of the molecule is COc1ccccc1CC(=O)NC(c1ccccc1)c1ccc(F)cc1. The van der Waals surface area contributed by atoms with Gasteiger partial charge in [0.2, 0.25) is 5.91 Å². The highest BCUT2D eigenvalue weighted by Crippen LogP contribution is 2.23. The lowest BCUT2D eigenvalue weighted by atomic mass is 9.98. The van der Waals surface area contributed by atoms with Crippen molar-refractivity contribution in [2.75, 3.05) is 7.11 Å². The van der Waals surface area contributed by atoms with E-state index in [-0.39, 0.29) is 24.2 Å². The minimum atomic E-state index is -0.348. The first-order valence-electron chi connectivity index (χ1n) is 8.39. The number of hydrogen-bond donors (Lipinski definition) is 1. The summed E-state index contributed by atoms with van der Waals surface area (Å²) in [6.45, 7) is 0. The minimum Gasteiger partial charge on any atom is -0.496 e. The van der Waals surface area contributed by atoms with Crippen molar-refractivity contribution in [2.24, 2.45) is 0 Å². The van der Waals surface area contributed by atoms with Crippen LogP contribution < -0.4 is 10.1 Å². The Morgan fingerprint density at radius 2 is 1.54 bits per heavy atom. The van der Waals surface area contributed by atoms with Gasteiger partial charge in [0.15, 0.2) is 0 Å². The molecule has 1 amide bonds. The number of nitrogens with one attached hydrogen (secondary N) is 1. The summed E-state index contributed by atoms with van der Waals surface area (Å²) in [5.74, 6) is 0.245. The molecular weight excluding hydrogens is 329 g/mol. The fourth-order valence-electron chi connectivity index (χ4n) is 2.89. The molecule has 0 aliphatic carbocycles. The second kappa shape index (κ2) is 8.30. The molecule has 3 aromatic rings. The van der Waals surface area contributed by atoms with Crippen molar-refractivity contribution >= 4 is 5.91 Å². The topological polar surface area (TPSA) is 38.3 Å². The van der Waals surface area contributed by atoms with E-state index in [1.54, 1.807) is 19.2 Å². The van der Waals surface area contributed by atoms with Crippen molar-refractivity contribution in [3.8, 4) is 5.75 Å². The van der Waals surface area contributed by atoms with Crippen LogP contribution in [0.25, 0.3) is 0 Å². The van der Waals surface area contributed by atoms with Crippen LogP contribution in [-0.4, -0.2) is 13.0 Å². The zero-order chi connectivity index (χ0) is 18.4. The first-order valence-corrected chi connectivity index (χ1v) is 8.39. The summed E-state index contributed by atoms with van der Waals surface area (Å²) >= 11 is 0. The second-order valence-corrected chi connectivity index (χ2v) is 5.95. The largest absolute Gasteiger partial charge is 0.496 e. The third kappa shape index (κ3) is 4.28. The van der Waals surface area contributed by atoms with Crippen molar-refractivity contribution in [3.63, 3.8) is 0 Å². The number of carbonyl (C=O) groups excluding carboxylic acids is 1. The zero-order valence-corrected chi connectivity index (χ0v) is 14.5. The molecule has 0 fully saturated rings. The Labute approximate surface area is 152 Å². The Hall–Kier alpha value is -3.14. The molecule has 26 heavy (non-hydrogen) atoms. The van der Waals surface area contributed by atoms with Crippen LogP contribution in [0.1, 0.15) is 22.7 Å². The van der Waals surface area contributed by atoms with Gasteiger partial charge in [0.05, 0.1) is 19.6 Å². The van der Waals surface area contributed by atoms with Gasteiger partial charge in [-0.3, -0.25) is 4.79 Å². The molecule has 0 radical (unpaired) electrons. The molecule has 132 valence electrons. The maximum atomic E-state index is 13.3. The lowest BCUT2D eigenvalue weighted by Crippen LogP contribution is -2.30. The van der Waals surface area contributed by atoms with E-state index in [0.29, 0.717) is 5.75 Å². The summed E-state index contributed by atoms with van der Waals surface area (Å²) in [6.07, 6.45) is 0.203. The lowest BCUT2D eigenvalue weighted by molar-refractivity contribution is -0.121. The Kier molecular flexibility index (Phi) is 5.64. The average molecular weight is 349 g/mol. The first-order chi connectivity index (χ1) is 12.7. The summed E-state index contributed by atoms with van der Waals surface area (Å²) in [5.41, 5.74) is 2.58. The number of methoxy groups -OCH3 is 1. The molecular formula is C22H20FNO2. The highest BCUT2D eigenvalue weighted by atomic mass is 19.1. The van der Waals surface area contributed by atoms with E-state index in [0.717, 1.165) is 16.7 Å². The number of halogens is 1. The van der Waals surface area contributed by atoms with Crippen LogP contribution in [-0.2, 0) is 11.2 Å². The van der Waals surface area contributed by atoms with Crippen LogP contribution in [0.4, 0.5) is 4.39 Å². The summed E-state index contributed by atoms with van der Waals surface area (Å²) in [7, 11) is 1.59. The van der Waals surface area contributed by atoms with Gasteiger partial charge in [-0.05, 0) is 29.3 Å². The van der Waals surface area contributed by atoms with Crippen LogP contribution in [0, 0.1) is 5.82 Å². The molecule has 0 aliphatic heterocycles. The number of carbonyl (C=O) groups is 1. The molecule has 0 aliphatic rings. The van der Waals surface area contributed by atoms with E-state index in [9.17, 15) is 9.18 Å². The predicted molar refractivity (Wildman–Crippen MR) is 99.5 cm³/mol. The summed E-state index contributed by atoms with van der Waals surface area (Å²) in [6, 6.07) is 22.9. The molecule has 0 spiro atoms. The van der Waals surface area contributed by atoms with Gasteiger partial charge in [0.25, 0.3) is 0 Å². The molecule has 1 unspecified atom stereocenters. The molecule has 0 saturated heterocycles. The van der Waals surface area contributed by atoms with E-state index in [1.165, 1.54) is 12.1 Å². The molecule has 3 aromatic carbocycles. The average Bonchev–Trinajstić information content (AvgIpc) is 2.68. The standard InChI is InChI=1S/C22H20FNO2/c1-26-20-10-6-5-9-18(20)15-21(25)24-22(16-7-3-2-4-8-16)17-11-13-19(23)14-12-17/h2-14,22H,15H2,1H3,(H,24,25). The Morgan fingerprint density at radius 1 is 0.923 bits per heavy atom. The normalized spacial score (nSPS) is 11.6. The van der Waals surface area contributed by atoms with Crippen LogP contribution in [0.15, 0.2) is 78.9 Å². The molecule has 0 aromatic heterocycles. The fraction of sp³-hybridized carbons (Fsp3) is 0.136. The fourth-order valence-corrected chi connectivity index (χ4v) is 2.89. The number of hydrogen-bond acceptors (Lipinski definition) is 2. The van der Waals surface area contributed by atoms with Crippen molar-refractivity contribution in [2.45, 2.75) is 12.5 Å². The highest BCUT2D eigenvalue weighted by Gasteiger charge is 2.18. The maximum absolute atomic E-state index is 13.3. The molecule has 0 saturated carbocycles. The quantitative estimate of drug-likeness (QED) is 0.721. The van der Waals surface area contributed by atoms with E-state index >= 15 is 0 Å². The van der Waals surface area contributed by atoms with Gasteiger partial charge in [-0.25, -0.2) is 4.39 Å². The van der Waals surface area contributed by atoms with Gasteiger partial charge in [-0.2, -0.15) is 0 Å². The van der Waals surface area contributed by atoms with Crippen LogP contribution in [0.5, 0.6) is 5.75 Å². The number of ether oxygens (including phenoxy) is 1. The lowest BCUT2D eigenvalue weighted by Gasteiger charge is -2.20. The van der Waals surface area contributed by atoms with Gasteiger partial charge >= 0.3 is 0 Å². The van der Waals surface area contributed by atoms with Gasteiger partial charge in [-0.1, -0.05) is 60.7 Å². The van der Waals surface area contributed by atoms with Crippen molar-refractivity contribution in [3.05, 3.63) is 101 Å². The molecule has 0 heterocycles. The summed E-state index contributed by atoms with van der Waals surface area (Å²) in [5, 5.41) is 3.05. The molecule has 3 nitrogen and oxygen atoms in total. The Bertz CT molecular complexity index is 863. The van der Waals surface area contributed by atoms with Crippen molar-refractivity contribution in [1.82, 2.24) is 5.32 Å². The van der Waals surface area contributed by atoms with Gasteiger partial charge in [-0.15, -0.1) is 0 Å². The van der Waals surface area contributed by atoms with E-state index in [4.69, 9.17) is 4.74 Å². The summed E-state index contributed by atoms with van der Waals surface area (Å²) < 4.78 is 18.6. The highest BCUT2D eigenvalue weighted by molar-refractivity contribution is 5.80. The van der Waals surface area contributed by atoms with Crippen LogP contribution >= 0.6 is 0 Å². The molecule has 0 bridgehead atoms. The number of para-hydroxylation sites is 1. The zero-order valence-electron chi connectivity index (χ0n) is 14.5. The van der Waals surface area contributed by atoms with Crippen LogP contribution in [0.3, 0.4) is 0 Å². The smallest absolute Gasteiger partial charge is 0.225 e. The molecule has 3 rings (SSSR count). The van der Waals surface area contributed by atoms with Gasteiger partial charge in [0, 0.05) is 5.56 Å². The van der Waals surface area contributed by atoms with E-state index in [2.05, 4.69) is 5.32 Å². The first kappa shape index (κ1) is 17.7. The Morgan fingerprint density at radius 3 is 2.23 bits per heavy atom. The molecule has 4 heteroatoms. The number of rotatable bonds is 6. The molecule has 1 atom stereocenters. The Balaban J connectivity index is 1.83. The van der Waals surface area contributed by atoms with E-state index < -0.39 is 0 Å². The number of benzene rings is 3. The second-order valence-electron chi connectivity index (χ2n) is 5.95. The predicted octanol–water partition coefficient (Wildman–Crippen LogP) is 4.28. The third-order valence-corrected chi connectivity index (χ3v) is 4.19. The van der Waals surface area contributed by atoms with Crippen molar-refractivity contribution in [1.29, 1.82) is 0 Å².